The molecule has 11 rings (SSSR count). The average Bonchev–Trinajstić information content (AvgIpc) is 3.79. The number of benzene rings is 10. The third-order valence-electron chi connectivity index (χ3n) is 16.9. The minimum Gasteiger partial charge on any atom is -0.455 e. The third-order valence-corrected chi connectivity index (χ3v) is 16.9. The van der Waals surface area contributed by atoms with E-state index in [0.717, 1.165) is 49.8 Å². The van der Waals surface area contributed by atoms with E-state index in [1.54, 1.807) is 0 Å². The number of furan rings is 1. The molecule has 0 aliphatic rings. The SMILES string of the molecule is Bc1c(B)c(B)c(-c2c(B)c(B)c(-c3c(B)c(B)c(N(c4ccc(-c5cccc6oc7c8ccccc8ccc7c56)cc4)c4cccc(-c5ccc6ccccc6c5)c4)c(B)c3B)c(B)c2B)c(B)c1B. The van der Waals surface area contributed by atoms with E-state index in [2.05, 4.69) is 252 Å². The van der Waals surface area contributed by atoms with E-state index in [9.17, 15) is 0 Å². The van der Waals surface area contributed by atoms with Crippen LogP contribution in [0.3, 0.4) is 0 Å². The molecule has 0 fully saturated rings. The zero-order valence-corrected chi connectivity index (χ0v) is 43.7. The molecule has 0 amide bonds. The molecule has 71 heavy (non-hydrogen) atoms. The maximum Gasteiger partial charge on any atom is 0.143 e. The van der Waals surface area contributed by atoms with Crippen molar-refractivity contribution in [2.75, 3.05) is 4.90 Å². The van der Waals surface area contributed by atoms with Crippen LogP contribution in [-0.4, -0.2) is 102 Å². The van der Waals surface area contributed by atoms with Crippen LogP contribution in [0.4, 0.5) is 17.1 Å². The van der Waals surface area contributed by atoms with E-state index >= 15 is 0 Å². The van der Waals surface area contributed by atoms with Crippen molar-refractivity contribution in [3.05, 3.63) is 146 Å². The number of hydrogen-bond acceptors (Lipinski definition) is 2. The molecule has 11 aromatic rings. The van der Waals surface area contributed by atoms with Crippen LogP contribution in [0.2, 0.25) is 0 Å². The molecular weight excluding hydrogens is 843 g/mol. The van der Waals surface area contributed by atoms with Gasteiger partial charge in [0.25, 0.3) is 0 Å². The molecule has 10 aromatic carbocycles. The molecule has 0 radical (unpaired) electrons. The Hall–Kier alpha value is -6.84. The fraction of sp³-hybridized carbons (Fsp3) is 0. The Kier molecular flexibility index (Phi) is 11.7. The molecule has 0 atom stereocenters. The van der Waals surface area contributed by atoms with Crippen LogP contribution in [0.5, 0.6) is 0 Å². The lowest BCUT2D eigenvalue weighted by Gasteiger charge is -2.34. The van der Waals surface area contributed by atoms with Crippen molar-refractivity contribution in [3.63, 3.8) is 0 Å². The largest absolute Gasteiger partial charge is 0.455 e. The summed E-state index contributed by atoms with van der Waals surface area (Å²) in [6, 6.07) is 53.1. The summed E-state index contributed by atoms with van der Waals surface area (Å²) in [6.45, 7) is 0. The van der Waals surface area contributed by atoms with Crippen LogP contribution in [0, 0.1) is 0 Å². The second kappa shape index (κ2) is 17.8. The number of rotatable bonds is 7. The van der Waals surface area contributed by atoms with Crippen molar-refractivity contribution < 1.29 is 4.42 Å². The molecule has 0 N–H and O–H groups in total. The van der Waals surface area contributed by atoms with Crippen LogP contribution in [0.25, 0.3) is 88.0 Å². The van der Waals surface area contributed by atoms with E-state index < -0.39 is 0 Å². The van der Waals surface area contributed by atoms with Crippen molar-refractivity contribution in [1.29, 1.82) is 0 Å². The normalized spacial score (nSPS) is 11.5. The third kappa shape index (κ3) is 7.36. The standard InChI is InChI=1S/C56H50B13NO/c57-42-38(40-46(61)50(65)52(67)51(66)47(40)62)43(58)45(60)39(44(42)59)41-48(63)53(68)55(54(69)49(41)64)70(32-11-5-10-29(24-32)30-16-15-25-7-1-2-9-28(25)23-30)31-20-17-27(18-21-31)33-13-6-14-36-37(33)35-22-19-26-8-3-4-12-34(26)56(35)71-36/h1-24H,57-69H2. The lowest BCUT2D eigenvalue weighted by molar-refractivity contribution is 0.673. The minimum absolute atomic E-state index is 0.901. The van der Waals surface area contributed by atoms with Gasteiger partial charge in [-0.15, -0.1) is 16.4 Å². The molecule has 15 heteroatoms. The molecule has 0 saturated carbocycles. The molecule has 0 aliphatic heterocycles. The Bertz CT molecular complexity index is 3970. The highest BCUT2D eigenvalue weighted by atomic mass is 16.3. The van der Waals surface area contributed by atoms with E-state index in [-0.39, 0.29) is 0 Å². The molecular formula is C56H50B13NO. The Labute approximate surface area is 430 Å². The molecule has 1 heterocycles. The van der Waals surface area contributed by atoms with Gasteiger partial charge in [0.15, 0.2) is 0 Å². The summed E-state index contributed by atoms with van der Waals surface area (Å²) in [5, 5.41) is 7.09. The first-order valence-corrected chi connectivity index (χ1v) is 25.3. The summed E-state index contributed by atoms with van der Waals surface area (Å²) in [7, 11) is 30.3. The molecule has 0 bridgehead atoms. The van der Waals surface area contributed by atoms with Gasteiger partial charge >= 0.3 is 0 Å². The smallest absolute Gasteiger partial charge is 0.143 e. The first-order valence-electron chi connectivity index (χ1n) is 25.3. The summed E-state index contributed by atoms with van der Waals surface area (Å²) in [4.78, 5) is 2.51. The van der Waals surface area contributed by atoms with Crippen LogP contribution >= 0.6 is 0 Å². The van der Waals surface area contributed by atoms with Gasteiger partial charge in [-0.05, 0) is 103 Å². The molecule has 2 nitrogen and oxygen atoms in total. The quantitative estimate of drug-likeness (QED) is 0.148. The fourth-order valence-corrected chi connectivity index (χ4v) is 12.1. The van der Waals surface area contributed by atoms with Crippen LogP contribution in [-0.2, 0) is 0 Å². The zero-order chi connectivity index (χ0) is 49.7. The number of fused-ring (bicyclic) bond motifs is 6. The van der Waals surface area contributed by atoms with Crippen molar-refractivity contribution in [2.24, 2.45) is 0 Å². The van der Waals surface area contributed by atoms with E-state index in [1.807, 2.05) is 0 Å². The monoisotopic (exact) mass is 896 g/mol. The van der Waals surface area contributed by atoms with E-state index in [1.165, 1.54) is 126 Å². The maximum absolute atomic E-state index is 6.63. The lowest BCUT2D eigenvalue weighted by atomic mass is 9.55. The summed E-state index contributed by atoms with van der Waals surface area (Å²) in [5.41, 5.74) is 33.2. The van der Waals surface area contributed by atoms with Gasteiger partial charge in [0.05, 0.1) is 0 Å². The van der Waals surface area contributed by atoms with Gasteiger partial charge in [-0.25, -0.2) is 0 Å². The number of anilines is 3. The van der Waals surface area contributed by atoms with Gasteiger partial charge in [-0.1, -0.05) is 158 Å². The zero-order valence-electron chi connectivity index (χ0n) is 43.7. The van der Waals surface area contributed by atoms with Crippen LogP contribution in [0.1, 0.15) is 0 Å². The summed E-state index contributed by atoms with van der Waals surface area (Å²) in [6.07, 6.45) is 0. The van der Waals surface area contributed by atoms with E-state index in [0.29, 0.717) is 0 Å². The highest BCUT2D eigenvalue weighted by molar-refractivity contribution is 6.72. The minimum atomic E-state index is 0.901. The van der Waals surface area contributed by atoms with Gasteiger partial charge in [-0.2, -0.15) is 0 Å². The van der Waals surface area contributed by atoms with Gasteiger partial charge in [0.1, 0.15) is 113 Å². The molecule has 324 valence electrons. The predicted octanol–water partition coefficient (Wildman–Crippen LogP) is -6.61. The Balaban J connectivity index is 1.09. The highest BCUT2D eigenvalue weighted by Gasteiger charge is 2.27. The molecule has 0 aliphatic carbocycles. The number of nitrogens with zero attached hydrogens (tertiary/aromatic N) is 1. The first kappa shape index (κ1) is 46.5. The average molecular weight is 894 g/mol. The van der Waals surface area contributed by atoms with Gasteiger partial charge in [0.2, 0.25) is 0 Å². The van der Waals surface area contributed by atoms with Crippen LogP contribution in [0.15, 0.2) is 150 Å². The lowest BCUT2D eigenvalue weighted by Crippen LogP contribution is -2.57. The molecule has 1 aromatic heterocycles. The van der Waals surface area contributed by atoms with E-state index in [4.69, 9.17) is 4.42 Å². The second-order valence-electron chi connectivity index (χ2n) is 20.4. The maximum atomic E-state index is 6.63. The molecule has 0 spiro atoms. The van der Waals surface area contributed by atoms with Crippen molar-refractivity contribution in [3.8, 4) is 44.5 Å². The summed E-state index contributed by atoms with van der Waals surface area (Å²) in [5.74, 6) is 0. The Morgan fingerprint density at radius 3 is 1.41 bits per heavy atom. The Morgan fingerprint density at radius 1 is 0.310 bits per heavy atom. The topological polar surface area (TPSA) is 16.4 Å². The van der Waals surface area contributed by atoms with Crippen molar-refractivity contribution >= 4 is 234 Å². The number of hydrogen-bond donors (Lipinski definition) is 0. The fourth-order valence-electron chi connectivity index (χ4n) is 12.1. The first-order chi connectivity index (χ1) is 34.2. The van der Waals surface area contributed by atoms with Crippen LogP contribution < -0.4 is 75.9 Å². The van der Waals surface area contributed by atoms with Gasteiger partial charge < -0.3 is 9.32 Å². The summed E-state index contributed by atoms with van der Waals surface area (Å²) < 4.78 is 6.63. The van der Waals surface area contributed by atoms with Gasteiger partial charge in [-0.3, -0.25) is 0 Å². The highest BCUT2D eigenvalue weighted by Crippen LogP contribution is 2.41. The van der Waals surface area contributed by atoms with Crippen molar-refractivity contribution in [2.45, 2.75) is 0 Å². The predicted molar refractivity (Wildman–Crippen MR) is 351 cm³/mol. The van der Waals surface area contributed by atoms with Gasteiger partial charge in [0, 0.05) is 33.2 Å². The second-order valence-corrected chi connectivity index (χ2v) is 20.4. The molecule has 0 unspecified atom stereocenters. The summed E-state index contributed by atoms with van der Waals surface area (Å²) >= 11 is 0. The Morgan fingerprint density at radius 2 is 0.789 bits per heavy atom. The molecule has 0 saturated heterocycles. The van der Waals surface area contributed by atoms with Crippen molar-refractivity contribution in [1.82, 2.24) is 0 Å².